The lowest BCUT2D eigenvalue weighted by Crippen LogP contribution is -2.45. The number of piperidine rings is 1. The fourth-order valence-corrected chi connectivity index (χ4v) is 2.34. The minimum Gasteiger partial charge on any atom is -0.381 e. The summed E-state index contributed by atoms with van der Waals surface area (Å²) in [6, 6.07) is 0.121. The van der Waals surface area contributed by atoms with E-state index in [4.69, 9.17) is 4.74 Å². The zero-order valence-electron chi connectivity index (χ0n) is 8.63. The molecule has 14 heavy (non-hydrogen) atoms. The maximum Gasteiger partial charge on any atom is 0.155 e. The van der Waals surface area contributed by atoms with Gasteiger partial charge in [0.05, 0.1) is 12.6 Å². The summed E-state index contributed by atoms with van der Waals surface area (Å²) in [6.07, 6.45) is 5.50. The molecule has 0 aliphatic carbocycles. The van der Waals surface area contributed by atoms with Crippen molar-refractivity contribution in [1.29, 1.82) is 0 Å². The zero-order valence-corrected chi connectivity index (χ0v) is 8.63. The van der Waals surface area contributed by atoms with E-state index >= 15 is 0 Å². The van der Waals surface area contributed by atoms with E-state index in [2.05, 4.69) is 5.32 Å². The Morgan fingerprint density at radius 3 is 2.79 bits per heavy atom. The van der Waals surface area contributed by atoms with Crippen LogP contribution in [0.25, 0.3) is 0 Å². The van der Waals surface area contributed by atoms with Gasteiger partial charge >= 0.3 is 0 Å². The number of carbonyl (C=O) groups is 1. The molecule has 2 fully saturated rings. The first-order valence-electron chi connectivity index (χ1n) is 5.73. The van der Waals surface area contributed by atoms with Crippen LogP contribution in [-0.2, 0) is 9.53 Å². The number of carbonyl (C=O) groups excluding carboxylic acids is 1. The first-order chi connectivity index (χ1) is 6.88. The maximum atomic E-state index is 12.0. The molecule has 0 bridgehead atoms. The molecule has 0 aromatic carbocycles. The third-order valence-electron chi connectivity index (χ3n) is 3.22. The van der Waals surface area contributed by atoms with Crippen LogP contribution in [0.2, 0.25) is 0 Å². The van der Waals surface area contributed by atoms with Gasteiger partial charge in [0, 0.05) is 12.5 Å². The monoisotopic (exact) mass is 197 g/mol. The number of Topliss-reactive ketones (excluding diaryl/α,β-unsaturated/α-hetero) is 1. The SMILES string of the molecule is O=C([C@H]1CCCOC1)[C@@H]1CCCCN1. The van der Waals surface area contributed by atoms with Crippen molar-refractivity contribution in [1.82, 2.24) is 5.32 Å². The highest BCUT2D eigenvalue weighted by molar-refractivity contribution is 5.86. The van der Waals surface area contributed by atoms with Gasteiger partial charge in [0.2, 0.25) is 0 Å². The summed E-state index contributed by atoms with van der Waals surface area (Å²) in [5, 5.41) is 3.31. The van der Waals surface area contributed by atoms with Crippen molar-refractivity contribution < 1.29 is 9.53 Å². The van der Waals surface area contributed by atoms with Crippen LogP contribution >= 0.6 is 0 Å². The molecule has 0 radical (unpaired) electrons. The third-order valence-corrected chi connectivity index (χ3v) is 3.22. The molecule has 3 nitrogen and oxygen atoms in total. The molecule has 2 atom stereocenters. The minimum atomic E-state index is 0.121. The Labute approximate surface area is 85.2 Å². The molecule has 2 rings (SSSR count). The molecule has 80 valence electrons. The molecule has 0 unspecified atom stereocenters. The predicted octanol–water partition coefficient (Wildman–Crippen LogP) is 1.12. The average Bonchev–Trinajstić information content (AvgIpc) is 2.30. The Kier molecular flexibility index (Phi) is 3.54. The van der Waals surface area contributed by atoms with Crippen molar-refractivity contribution in [2.24, 2.45) is 5.92 Å². The van der Waals surface area contributed by atoms with E-state index < -0.39 is 0 Å². The minimum absolute atomic E-state index is 0.121. The largest absolute Gasteiger partial charge is 0.381 e. The molecule has 2 heterocycles. The normalized spacial score (nSPS) is 34.0. The summed E-state index contributed by atoms with van der Waals surface area (Å²) in [5.74, 6) is 0.559. The number of rotatable bonds is 2. The van der Waals surface area contributed by atoms with E-state index in [1.54, 1.807) is 0 Å². The van der Waals surface area contributed by atoms with Gasteiger partial charge in [-0.1, -0.05) is 6.42 Å². The molecule has 2 aliphatic rings. The third kappa shape index (κ3) is 2.34. The van der Waals surface area contributed by atoms with Gasteiger partial charge < -0.3 is 10.1 Å². The molecule has 0 spiro atoms. The summed E-state index contributed by atoms with van der Waals surface area (Å²) in [7, 11) is 0. The summed E-state index contributed by atoms with van der Waals surface area (Å²) in [5.41, 5.74) is 0. The number of hydrogen-bond donors (Lipinski definition) is 1. The highest BCUT2D eigenvalue weighted by atomic mass is 16.5. The van der Waals surface area contributed by atoms with Crippen LogP contribution < -0.4 is 5.32 Å². The Hall–Kier alpha value is -0.410. The summed E-state index contributed by atoms with van der Waals surface area (Å²) < 4.78 is 5.35. The molecule has 3 heteroatoms. The average molecular weight is 197 g/mol. The molecule has 0 aromatic heterocycles. The maximum absolute atomic E-state index is 12.0. The van der Waals surface area contributed by atoms with E-state index in [0.29, 0.717) is 12.4 Å². The first-order valence-corrected chi connectivity index (χ1v) is 5.73. The summed E-state index contributed by atoms with van der Waals surface area (Å²) >= 11 is 0. The van der Waals surface area contributed by atoms with Gasteiger partial charge in [-0.15, -0.1) is 0 Å². The Morgan fingerprint density at radius 1 is 1.21 bits per heavy atom. The molecule has 2 saturated heterocycles. The standard InChI is InChI=1S/C11H19NO2/c13-11(9-4-3-7-14-8-9)10-5-1-2-6-12-10/h9-10,12H,1-8H2/t9-,10-/m0/s1. The van der Waals surface area contributed by atoms with Crippen molar-refractivity contribution in [3.05, 3.63) is 0 Å². The Morgan fingerprint density at radius 2 is 2.14 bits per heavy atom. The summed E-state index contributed by atoms with van der Waals surface area (Å²) in [4.78, 5) is 12.0. The van der Waals surface area contributed by atoms with Crippen molar-refractivity contribution in [2.45, 2.75) is 38.1 Å². The number of ketones is 1. The second-order valence-corrected chi connectivity index (χ2v) is 4.32. The fourth-order valence-electron chi connectivity index (χ4n) is 2.34. The molecule has 1 N–H and O–H groups in total. The Balaban J connectivity index is 1.85. The van der Waals surface area contributed by atoms with Gasteiger partial charge in [-0.05, 0) is 32.2 Å². The number of hydrogen-bond acceptors (Lipinski definition) is 3. The van der Waals surface area contributed by atoms with E-state index in [1.165, 1.54) is 12.8 Å². The topological polar surface area (TPSA) is 38.3 Å². The van der Waals surface area contributed by atoms with Crippen molar-refractivity contribution >= 4 is 5.78 Å². The van der Waals surface area contributed by atoms with Gasteiger partial charge in [0.15, 0.2) is 5.78 Å². The van der Waals surface area contributed by atoms with Gasteiger partial charge in [-0.3, -0.25) is 4.79 Å². The second kappa shape index (κ2) is 4.89. The smallest absolute Gasteiger partial charge is 0.155 e. The van der Waals surface area contributed by atoms with Gasteiger partial charge in [-0.2, -0.15) is 0 Å². The van der Waals surface area contributed by atoms with Gasteiger partial charge in [0.25, 0.3) is 0 Å². The van der Waals surface area contributed by atoms with Crippen LogP contribution in [0.4, 0.5) is 0 Å². The van der Waals surface area contributed by atoms with Crippen LogP contribution in [0.5, 0.6) is 0 Å². The molecular formula is C11H19NO2. The van der Waals surface area contributed by atoms with Crippen LogP contribution in [0.3, 0.4) is 0 Å². The molecule has 0 aromatic rings. The lowest BCUT2D eigenvalue weighted by molar-refractivity contribution is -0.129. The van der Waals surface area contributed by atoms with Crippen LogP contribution in [0.15, 0.2) is 0 Å². The van der Waals surface area contributed by atoms with E-state index in [1.807, 2.05) is 0 Å². The van der Waals surface area contributed by atoms with Crippen molar-refractivity contribution in [2.75, 3.05) is 19.8 Å². The van der Waals surface area contributed by atoms with Gasteiger partial charge in [-0.25, -0.2) is 0 Å². The number of nitrogens with one attached hydrogen (secondary N) is 1. The van der Waals surface area contributed by atoms with E-state index in [9.17, 15) is 4.79 Å². The Bertz CT molecular complexity index is 173. The van der Waals surface area contributed by atoms with Crippen LogP contribution in [-0.4, -0.2) is 31.6 Å². The second-order valence-electron chi connectivity index (χ2n) is 4.32. The fraction of sp³-hybridized carbons (Fsp3) is 0.909. The first kappa shape index (κ1) is 10.1. The number of ether oxygens (including phenoxy) is 1. The lowest BCUT2D eigenvalue weighted by Gasteiger charge is -2.28. The zero-order chi connectivity index (χ0) is 9.80. The summed E-state index contributed by atoms with van der Waals surface area (Å²) in [6.45, 7) is 2.49. The molecular weight excluding hydrogens is 178 g/mol. The molecule has 2 aliphatic heterocycles. The highest BCUT2D eigenvalue weighted by Gasteiger charge is 2.29. The van der Waals surface area contributed by atoms with Crippen molar-refractivity contribution in [3.8, 4) is 0 Å². The van der Waals surface area contributed by atoms with Crippen LogP contribution in [0, 0.1) is 5.92 Å². The van der Waals surface area contributed by atoms with E-state index in [-0.39, 0.29) is 12.0 Å². The van der Waals surface area contributed by atoms with E-state index in [0.717, 1.165) is 32.4 Å². The quantitative estimate of drug-likeness (QED) is 0.721. The lowest BCUT2D eigenvalue weighted by atomic mass is 9.89. The van der Waals surface area contributed by atoms with Gasteiger partial charge in [0.1, 0.15) is 0 Å². The van der Waals surface area contributed by atoms with Crippen molar-refractivity contribution in [3.63, 3.8) is 0 Å². The highest BCUT2D eigenvalue weighted by Crippen LogP contribution is 2.19. The molecule has 0 amide bonds. The predicted molar refractivity (Wildman–Crippen MR) is 54.2 cm³/mol. The van der Waals surface area contributed by atoms with Crippen LogP contribution in [0.1, 0.15) is 32.1 Å². The molecule has 0 saturated carbocycles.